The maximum Gasteiger partial charge on any atom is 0.242 e. The van der Waals surface area contributed by atoms with E-state index in [-0.39, 0.29) is 42.7 Å². The molecule has 5 nitrogen and oxygen atoms in total. The zero-order chi connectivity index (χ0) is 16.9. The van der Waals surface area contributed by atoms with Gasteiger partial charge in [0.05, 0.1) is 19.1 Å². The van der Waals surface area contributed by atoms with E-state index in [2.05, 4.69) is 5.32 Å². The zero-order valence-electron chi connectivity index (χ0n) is 14.5. The molecule has 0 spiro atoms. The number of hydrogen-bond acceptors (Lipinski definition) is 4. The van der Waals surface area contributed by atoms with E-state index in [0.717, 1.165) is 4.88 Å². The fraction of sp³-hybridized carbons (Fsp3) is 0.625. The van der Waals surface area contributed by atoms with Gasteiger partial charge < -0.3 is 16.0 Å². The average molecular weight is 362 g/mol. The van der Waals surface area contributed by atoms with Crippen LogP contribution in [0.1, 0.15) is 37.4 Å². The Morgan fingerprint density at radius 3 is 2.30 bits per heavy atom. The molecule has 23 heavy (non-hydrogen) atoms. The first-order chi connectivity index (χ1) is 10.2. The molecule has 1 atom stereocenters. The number of carbonyl (C=O) groups excluding carboxylic acids is 2. The lowest BCUT2D eigenvalue weighted by molar-refractivity contribution is -0.135. The summed E-state index contributed by atoms with van der Waals surface area (Å²) >= 11 is 1.68. The highest BCUT2D eigenvalue weighted by atomic mass is 35.5. The number of halogens is 1. The summed E-state index contributed by atoms with van der Waals surface area (Å²) in [6.45, 7) is 10.3. The molecule has 7 heteroatoms. The normalized spacial score (nSPS) is 12.0. The second-order valence-electron chi connectivity index (χ2n) is 6.12. The first-order valence-electron chi connectivity index (χ1n) is 7.60. The van der Waals surface area contributed by atoms with Gasteiger partial charge in [0.15, 0.2) is 0 Å². The molecule has 0 unspecified atom stereocenters. The molecule has 0 saturated heterocycles. The molecular formula is C16H28ClN3O2S. The Bertz CT molecular complexity index is 517. The van der Waals surface area contributed by atoms with Crippen molar-refractivity contribution in [1.82, 2.24) is 10.2 Å². The molecule has 2 amide bonds. The number of nitrogens with one attached hydrogen (secondary N) is 1. The first-order valence-corrected chi connectivity index (χ1v) is 8.42. The number of thiophene rings is 1. The molecule has 132 valence electrons. The average Bonchev–Trinajstić information content (AvgIpc) is 2.85. The number of carbonyl (C=O) groups is 2. The number of rotatable bonds is 7. The Kier molecular flexibility index (Phi) is 9.42. The highest BCUT2D eigenvalue weighted by molar-refractivity contribution is 7.11. The fourth-order valence-corrected chi connectivity index (χ4v) is 2.87. The zero-order valence-corrected chi connectivity index (χ0v) is 16.1. The highest BCUT2D eigenvalue weighted by Crippen LogP contribution is 2.18. The fourth-order valence-electron chi connectivity index (χ4n) is 1.98. The summed E-state index contributed by atoms with van der Waals surface area (Å²) in [4.78, 5) is 28.3. The molecule has 1 rings (SSSR count). The summed E-state index contributed by atoms with van der Waals surface area (Å²) < 4.78 is 0. The summed E-state index contributed by atoms with van der Waals surface area (Å²) in [5.74, 6) is -0.324. The van der Waals surface area contributed by atoms with Gasteiger partial charge in [-0.1, -0.05) is 13.8 Å². The Hall–Kier alpha value is -1.11. The van der Waals surface area contributed by atoms with Crippen LogP contribution < -0.4 is 11.1 Å². The van der Waals surface area contributed by atoms with Crippen molar-refractivity contribution < 1.29 is 9.59 Å². The third-order valence-corrected chi connectivity index (χ3v) is 4.49. The number of nitrogens with two attached hydrogens (primary N) is 1. The predicted octanol–water partition coefficient (Wildman–Crippen LogP) is 2.31. The van der Waals surface area contributed by atoms with Gasteiger partial charge in [0.25, 0.3) is 0 Å². The molecule has 0 aromatic carbocycles. The van der Waals surface area contributed by atoms with Crippen molar-refractivity contribution in [1.29, 1.82) is 0 Å². The van der Waals surface area contributed by atoms with Gasteiger partial charge >= 0.3 is 0 Å². The molecule has 1 heterocycles. The maximum atomic E-state index is 12.4. The molecular weight excluding hydrogens is 334 g/mol. The Labute approximate surface area is 149 Å². The monoisotopic (exact) mass is 361 g/mol. The quantitative estimate of drug-likeness (QED) is 0.782. The minimum atomic E-state index is -0.583. The molecule has 0 radical (unpaired) electrons. The van der Waals surface area contributed by atoms with Crippen LogP contribution in [0.2, 0.25) is 0 Å². The van der Waals surface area contributed by atoms with Crippen molar-refractivity contribution in [3.63, 3.8) is 0 Å². The predicted molar refractivity (Wildman–Crippen MR) is 97.8 cm³/mol. The molecule has 0 fully saturated rings. The van der Waals surface area contributed by atoms with E-state index >= 15 is 0 Å². The molecule has 1 aromatic heterocycles. The highest BCUT2D eigenvalue weighted by Gasteiger charge is 2.21. The summed E-state index contributed by atoms with van der Waals surface area (Å²) in [5.41, 5.74) is 5.77. The van der Waals surface area contributed by atoms with Crippen LogP contribution in [0.4, 0.5) is 0 Å². The van der Waals surface area contributed by atoms with Gasteiger partial charge in [-0.05, 0) is 38.8 Å². The van der Waals surface area contributed by atoms with Crippen LogP contribution in [-0.4, -0.2) is 35.3 Å². The summed E-state index contributed by atoms with van der Waals surface area (Å²) in [6.07, 6.45) is 0. The maximum absolute atomic E-state index is 12.4. The topological polar surface area (TPSA) is 75.4 Å². The standard InChI is InChI=1S/C16H27N3O2S.ClH/c1-10(2)15(17)16(21)18-8-14(20)19(11(3)4)9-13-7-6-12(5)22-13;/h6-7,10-11,15H,8-9,17H2,1-5H3,(H,18,21);1H/t15-;/m0./s1. The van der Waals surface area contributed by atoms with E-state index in [4.69, 9.17) is 5.73 Å². The van der Waals surface area contributed by atoms with Gasteiger partial charge in [0, 0.05) is 15.8 Å². The lowest BCUT2D eigenvalue weighted by atomic mass is 10.1. The number of hydrogen-bond donors (Lipinski definition) is 2. The van der Waals surface area contributed by atoms with E-state index < -0.39 is 6.04 Å². The first kappa shape index (κ1) is 21.9. The van der Waals surface area contributed by atoms with Crippen molar-refractivity contribution >= 4 is 35.6 Å². The van der Waals surface area contributed by atoms with E-state index in [9.17, 15) is 9.59 Å². The van der Waals surface area contributed by atoms with Crippen molar-refractivity contribution in [3.05, 3.63) is 21.9 Å². The Balaban J connectivity index is 0.00000484. The Morgan fingerprint density at radius 1 is 1.26 bits per heavy atom. The molecule has 0 aliphatic carbocycles. The number of aryl methyl sites for hydroxylation is 1. The summed E-state index contributed by atoms with van der Waals surface area (Å²) in [7, 11) is 0. The van der Waals surface area contributed by atoms with E-state index in [1.54, 1.807) is 16.2 Å². The van der Waals surface area contributed by atoms with Gasteiger partial charge in [-0.15, -0.1) is 23.7 Å². The van der Waals surface area contributed by atoms with Crippen molar-refractivity contribution in [2.24, 2.45) is 11.7 Å². The molecule has 3 N–H and O–H groups in total. The lowest BCUT2D eigenvalue weighted by Gasteiger charge is -2.27. The van der Waals surface area contributed by atoms with Gasteiger partial charge in [-0.2, -0.15) is 0 Å². The van der Waals surface area contributed by atoms with E-state index in [1.807, 2.05) is 46.8 Å². The van der Waals surface area contributed by atoms with Crippen LogP contribution in [0.15, 0.2) is 12.1 Å². The second kappa shape index (κ2) is 9.90. The minimum Gasteiger partial charge on any atom is -0.346 e. The van der Waals surface area contributed by atoms with Gasteiger partial charge in [-0.25, -0.2) is 0 Å². The van der Waals surface area contributed by atoms with Crippen LogP contribution in [0.3, 0.4) is 0 Å². The van der Waals surface area contributed by atoms with Crippen LogP contribution in [0, 0.1) is 12.8 Å². The lowest BCUT2D eigenvalue weighted by Crippen LogP contribution is -2.48. The third kappa shape index (κ3) is 6.89. The van der Waals surface area contributed by atoms with Crippen LogP contribution in [0.25, 0.3) is 0 Å². The van der Waals surface area contributed by atoms with E-state index in [1.165, 1.54) is 4.88 Å². The third-order valence-electron chi connectivity index (χ3n) is 3.50. The smallest absolute Gasteiger partial charge is 0.242 e. The van der Waals surface area contributed by atoms with Crippen LogP contribution in [0.5, 0.6) is 0 Å². The van der Waals surface area contributed by atoms with Gasteiger partial charge in [0.2, 0.25) is 11.8 Å². The molecule has 0 bridgehead atoms. The summed E-state index contributed by atoms with van der Waals surface area (Å²) in [6, 6.07) is 3.58. The Morgan fingerprint density at radius 2 is 1.87 bits per heavy atom. The molecule has 1 aromatic rings. The minimum absolute atomic E-state index is 0. The van der Waals surface area contributed by atoms with E-state index in [0.29, 0.717) is 6.54 Å². The van der Waals surface area contributed by atoms with Crippen LogP contribution in [-0.2, 0) is 16.1 Å². The molecule has 0 aliphatic rings. The van der Waals surface area contributed by atoms with Crippen molar-refractivity contribution in [3.8, 4) is 0 Å². The summed E-state index contributed by atoms with van der Waals surface area (Å²) in [5, 5.41) is 2.64. The van der Waals surface area contributed by atoms with Crippen molar-refractivity contribution in [2.45, 2.75) is 53.2 Å². The number of nitrogens with zero attached hydrogens (tertiary/aromatic N) is 1. The molecule has 0 saturated carbocycles. The number of amides is 2. The van der Waals surface area contributed by atoms with Crippen molar-refractivity contribution in [2.75, 3.05) is 6.54 Å². The SMILES string of the molecule is Cc1ccc(CN(C(=O)CNC(=O)[C@@H](N)C(C)C)C(C)C)s1.Cl. The van der Waals surface area contributed by atoms with Crippen LogP contribution >= 0.6 is 23.7 Å². The molecule has 0 aliphatic heterocycles. The largest absolute Gasteiger partial charge is 0.346 e. The van der Waals surface area contributed by atoms with Gasteiger partial charge in [0.1, 0.15) is 0 Å². The second-order valence-corrected chi connectivity index (χ2v) is 7.49. The van der Waals surface area contributed by atoms with Gasteiger partial charge in [-0.3, -0.25) is 9.59 Å².